The van der Waals surface area contributed by atoms with Crippen molar-refractivity contribution in [2.45, 2.75) is 25.3 Å². The third-order valence-corrected chi connectivity index (χ3v) is 6.01. The Morgan fingerprint density at radius 3 is 2.79 bits per heavy atom. The Labute approximate surface area is 180 Å². The van der Waals surface area contributed by atoms with Gasteiger partial charge in [-0.3, -0.25) is 9.78 Å². The quantitative estimate of drug-likeness (QED) is 0.559. The van der Waals surface area contributed by atoms with Crippen molar-refractivity contribution >= 4 is 54.6 Å². The third-order valence-electron chi connectivity index (χ3n) is 4.96. The number of pyridine rings is 1. The molecule has 1 amide bonds. The van der Waals surface area contributed by atoms with Crippen molar-refractivity contribution in [3.8, 4) is 0 Å². The lowest BCUT2D eigenvalue weighted by atomic mass is 9.99. The summed E-state index contributed by atoms with van der Waals surface area (Å²) in [4.78, 5) is 28.3. The Balaban J connectivity index is 1.56. The van der Waals surface area contributed by atoms with Crippen molar-refractivity contribution < 1.29 is 4.79 Å². The SMILES string of the molecule is O=C(c1ccnc2c(Br)cccc12)N1CCCC[C@H]1CNc1ncc(Br)cn1. The van der Waals surface area contributed by atoms with E-state index in [2.05, 4.69) is 52.1 Å². The van der Waals surface area contributed by atoms with E-state index in [0.717, 1.165) is 45.7 Å². The lowest BCUT2D eigenvalue weighted by Crippen LogP contribution is -2.47. The van der Waals surface area contributed by atoms with E-state index in [0.29, 0.717) is 18.1 Å². The molecule has 0 spiro atoms. The van der Waals surface area contributed by atoms with Crippen LogP contribution in [0.4, 0.5) is 5.95 Å². The number of hydrogen-bond donors (Lipinski definition) is 1. The average molecular weight is 505 g/mol. The second-order valence-electron chi connectivity index (χ2n) is 6.75. The molecule has 28 heavy (non-hydrogen) atoms. The van der Waals surface area contributed by atoms with E-state index in [4.69, 9.17) is 0 Å². The van der Waals surface area contributed by atoms with Gasteiger partial charge in [-0.2, -0.15) is 0 Å². The fraction of sp³-hybridized carbons (Fsp3) is 0.300. The highest BCUT2D eigenvalue weighted by atomic mass is 79.9. The Bertz CT molecular complexity index is 996. The third kappa shape index (κ3) is 4.03. The topological polar surface area (TPSA) is 71.0 Å². The summed E-state index contributed by atoms with van der Waals surface area (Å²) < 4.78 is 1.73. The highest BCUT2D eigenvalue weighted by Crippen LogP contribution is 2.27. The second kappa shape index (κ2) is 8.53. The molecule has 0 bridgehead atoms. The van der Waals surface area contributed by atoms with Gasteiger partial charge in [0.15, 0.2) is 0 Å². The van der Waals surface area contributed by atoms with Crippen LogP contribution < -0.4 is 5.32 Å². The minimum atomic E-state index is 0.0497. The number of piperidine rings is 1. The number of nitrogens with one attached hydrogen (secondary N) is 1. The van der Waals surface area contributed by atoms with E-state index in [9.17, 15) is 4.79 Å². The molecule has 2 aromatic heterocycles. The predicted molar refractivity (Wildman–Crippen MR) is 116 cm³/mol. The fourth-order valence-corrected chi connectivity index (χ4v) is 4.25. The van der Waals surface area contributed by atoms with Gasteiger partial charge in [-0.05, 0) is 63.3 Å². The molecule has 1 saturated heterocycles. The van der Waals surface area contributed by atoms with E-state index in [-0.39, 0.29) is 11.9 Å². The maximum absolute atomic E-state index is 13.4. The molecule has 4 rings (SSSR count). The Hall–Kier alpha value is -2.06. The molecule has 0 radical (unpaired) electrons. The average Bonchev–Trinajstić information content (AvgIpc) is 2.73. The van der Waals surface area contributed by atoms with Crippen molar-refractivity contribution in [3.63, 3.8) is 0 Å². The van der Waals surface area contributed by atoms with Gasteiger partial charge in [0.05, 0.1) is 15.6 Å². The smallest absolute Gasteiger partial charge is 0.254 e. The lowest BCUT2D eigenvalue weighted by Gasteiger charge is -2.36. The molecule has 6 nitrogen and oxygen atoms in total. The zero-order chi connectivity index (χ0) is 19.5. The molecule has 0 saturated carbocycles. The number of halogens is 2. The monoisotopic (exact) mass is 503 g/mol. The van der Waals surface area contributed by atoms with E-state index in [1.54, 1.807) is 18.6 Å². The number of likely N-dealkylation sites (tertiary alicyclic amines) is 1. The molecule has 1 aliphatic rings. The van der Waals surface area contributed by atoms with Crippen LogP contribution >= 0.6 is 31.9 Å². The van der Waals surface area contributed by atoms with Crippen LogP contribution in [-0.4, -0.2) is 44.9 Å². The van der Waals surface area contributed by atoms with Crippen LogP contribution in [0.25, 0.3) is 10.9 Å². The number of para-hydroxylation sites is 1. The highest BCUT2D eigenvalue weighted by molar-refractivity contribution is 9.11. The number of benzene rings is 1. The largest absolute Gasteiger partial charge is 0.352 e. The first-order chi connectivity index (χ1) is 13.6. The maximum atomic E-state index is 13.4. The minimum Gasteiger partial charge on any atom is -0.352 e. The minimum absolute atomic E-state index is 0.0497. The van der Waals surface area contributed by atoms with Crippen molar-refractivity contribution in [2.24, 2.45) is 0 Å². The predicted octanol–water partition coefficient (Wildman–Crippen LogP) is 4.66. The van der Waals surface area contributed by atoms with Gasteiger partial charge >= 0.3 is 0 Å². The number of carbonyl (C=O) groups excluding carboxylic acids is 1. The van der Waals surface area contributed by atoms with Crippen molar-refractivity contribution in [1.29, 1.82) is 0 Å². The molecular weight excluding hydrogens is 486 g/mol. The van der Waals surface area contributed by atoms with E-state index < -0.39 is 0 Å². The van der Waals surface area contributed by atoms with Gasteiger partial charge in [0.1, 0.15) is 0 Å². The molecule has 8 heteroatoms. The van der Waals surface area contributed by atoms with Crippen LogP contribution in [0.15, 0.2) is 51.8 Å². The zero-order valence-corrected chi connectivity index (χ0v) is 18.3. The van der Waals surface area contributed by atoms with Gasteiger partial charge in [0, 0.05) is 47.6 Å². The number of rotatable bonds is 4. The lowest BCUT2D eigenvalue weighted by molar-refractivity contribution is 0.0630. The normalized spacial score (nSPS) is 16.9. The summed E-state index contributed by atoms with van der Waals surface area (Å²) in [5.41, 5.74) is 1.50. The number of nitrogens with zero attached hydrogens (tertiary/aromatic N) is 4. The summed E-state index contributed by atoms with van der Waals surface area (Å²) in [6, 6.07) is 7.74. The molecule has 3 heterocycles. The summed E-state index contributed by atoms with van der Waals surface area (Å²) in [6.07, 6.45) is 8.21. The Morgan fingerprint density at radius 1 is 1.14 bits per heavy atom. The molecular formula is C20H19Br2N5O. The molecule has 0 aliphatic carbocycles. The van der Waals surface area contributed by atoms with Crippen LogP contribution in [0, 0.1) is 0 Å². The van der Waals surface area contributed by atoms with E-state index in [1.807, 2.05) is 29.2 Å². The summed E-state index contributed by atoms with van der Waals surface area (Å²) in [7, 11) is 0. The molecule has 1 aliphatic heterocycles. The standard InChI is InChI=1S/C20H19Br2N5O/c21-13-10-24-20(25-11-13)26-12-14-4-1-2-9-27(14)19(28)16-7-8-23-18-15(16)5-3-6-17(18)22/h3,5-8,10-11,14H,1-2,4,9,12H2,(H,24,25,26)/t14-/m0/s1. The number of anilines is 1. The molecule has 0 unspecified atom stereocenters. The molecule has 1 fully saturated rings. The number of aromatic nitrogens is 3. The van der Waals surface area contributed by atoms with Crippen LogP contribution in [-0.2, 0) is 0 Å². The second-order valence-corrected chi connectivity index (χ2v) is 8.52. The molecule has 3 aromatic rings. The summed E-state index contributed by atoms with van der Waals surface area (Å²) in [5.74, 6) is 0.619. The van der Waals surface area contributed by atoms with Crippen LogP contribution in [0.1, 0.15) is 29.6 Å². The molecule has 1 aromatic carbocycles. The number of carbonyl (C=O) groups is 1. The van der Waals surface area contributed by atoms with Crippen molar-refractivity contribution in [1.82, 2.24) is 19.9 Å². The summed E-state index contributed by atoms with van der Waals surface area (Å²) in [5, 5.41) is 4.14. The fourth-order valence-electron chi connectivity index (χ4n) is 3.57. The first-order valence-electron chi connectivity index (χ1n) is 9.19. The summed E-state index contributed by atoms with van der Waals surface area (Å²) >= 11 is 6.87. The first-order valence-corrected chi connectivity index (χ1v) is 10.8. The van der Waals surface area contributed by atoms with E-state index >= 15 is 0 Å². The van der Waals surface area contributed by atoms with Crippen LogP contribution in [0.5, 0.6) is 0 Å². The molecule has 1 atom stereocenters. The maximum Gasteiger partial charge on any atom is 0.254 e. The number of amides is 1. The van der Waals surface area contributed by atoms with Crippen molar-refractivity contribution in [2.75, 3.05) is 18.4 Å². The Morgan fingerprint density at radius 2 is 1.96 bits per heavy atom. The zero-order valence-electron chi connectivity index (χ0n) is 15.1. The molecule has 144 valence electrons. The molecule has 1 N–H and O–H groups in total. The number of fused-ring (bicyclic) bond motifs is 1. The van der Waals surface area contributed by atoms with Gasteiger partial charge in [-0.1, -0.05) is 12.1 Å². The Kier molecular flexibility index (Phi) is 5.87. The van der Waals surface area contributed by atoms with Crippen molar-refractivity contribution in [3.05, 3.63) is 57.4 Å². The van der Waals surface area contributed by atoms with Gasteiger partial charge in [-0.15, -0.1) is 0 Å². The van der Waals surface area contributed by atoms with Crippen LogP contribution in [0.3, 0.4) is 0 Å². The van der Waals surface area contributed by atoms with Crippen LogP contribution in [0.2, 0.25) is 0 Å². The van der Waals surface area contributed by atoms with Gasteiger partial charge < -0.3 is 10.2 Å². The summed E-state index contributed by atoms with van der Waals surface area (Å²) in [6.45, 7) is 1.38. The van der Waals surface area contributed by atoms with E-state index in [1.165, 1.54) is 0 Å². The van der Waals surface area contributed by atoms with Gasteiger partial charge in [0.2, 0.25) is 5.95 Å². The van der Waals surface area contributed by atoms with Gasteiger partial charge in [-0.25, -0.2) is 9.97 Å². The van der Waals surface area contributed by atoms with Gasteiger partial charge in [0.25, 0.3) is 5.91 Å². The number of hydrogen-bond acceptors (Lipinski definition) is 5. The first kappa shape index (κ1) is 19.3. The highest BCUT2D eigenvalue weighted by Gasteiger charge is 2.28.